The predicted molar refractivity (Wildman–Crippen MR) is 91.3 cm³/mol. The average molecular weight is 392 g/mol. The van der Waals surface area contributed by atoms with Crippen molar-refractivity contribution in [1.29, 1.82) is 0 Å². The van der Waals surface area contributed by atoms with E-state index in [1.165, 1.54) is 30.3 Å². The second kappa shape index (κ2) is 9.37. The number of aromatic nitrogens is 2. The summed E-state index contributed by atoms with van der Waals surface area (Å²) in [6.45, 7) is 5.44. The maximum Gasteiger partial charge on any atom is 0.331 e. The van der Waals surface area contributed by atoms with E-state index in [9.17, 15) is 9.59 Å². The molecule has 4 nitrogen and oxygen atoms in total. The molecule has 0 unspecified atom stereocenters. The van der Waals surface area contributed by atoms with Crippen molar-refractivity contribution in [1.82, 2.24) is 9.13 Å². The zero-order valence-corrected chi connectivity index (χ0v) is 14.7. The first kappa shape index (κ1) is 17.5. The van der Waals surface area contributed by atoms with Crippen molar-refractivity contribution in [3.8, 4) is 0 Å². The monoisotopic (exact) mass is 392 g/mol. The fourth-order valence-electron chi connectivity index (χ4n) is 2.27. The van der Waals surface area contributed by atoms with Crippen molar-refractivity contribution in [3.05, 3.63) is 30.6 Å². The van der Waals surface area contributed by atoms with Crippen molar-refractivity contribution in [2.24, 2.45) is 0 Å². The Labute approximate surface area is 134 Å². The molecule has 0 aliphatic heterocycles. The van der Waals surface area contributed by atoms with E-state index in [2.05, 4.69) is 6.92 Å². The summed E-state index contributed by atoms with van der Waals surface area (Å²) in [5.41, 5.74) is -0.303. The summed E-state index contributed by atoms with van der Waals surface area (Å²) >= 11 is 2.02. The molecule has 5 heteroatoms. The lowest BCUT2D eigenvalue weighted by Crippen LogP contribution is -2.40. The Morgan fingerprint density at radius 2 is 1.60 bits per heavy atom. The van der Waals surface area contributed by atoms with Crippen LogP contribution in [0.1, 0.15) is 58.8 Å². The van der Waals surface area contributed by atoms with Gasteiger partial charge in [0.05, 0.1) is 3.57 Å². The van der Waals surface area contributed by atoms with Gasteiger partial charge in [-0.25, -0.2) is 4.79 Å². The minimum atomic E-state index is -0.161. The van der Waals surface area contributed by atoms with Crippen LogP contribution in [0, 0.1) is 3.57 Å². The van der Waals surface area contributed by atoms with Crippen molar-refractivity contribution < 1.29 is 0 Å². The normalized spacial score (nSPS) is 10.9. The van der Waals surface area contributed by atoms with Crippen LogP contribution in [0.5, 0.6) is 0 Å². The molecule has 0 fully saturated rings. The molecule has 0 spiro atoms. The quantitative estimate of drug-likeness (QED) is 0.478. The Morgan fingerprint density at radius 3 is 2.25 bits per heavy atom. The zero-order chi connectivity index (χ0) is 15.0. The van der Waals surface area contributed by atoms with Crippen LogP contribution >= 0.6 is 22.6 Å². The first-order valence-corrected chi connectivity index (χ1v) is 8.69. The van der Waals surface area contributed by atoms with Gasteiger partial charge in [0.25, 0.3) is 5.56 Å². The standard InChI is InChI=1S/C15H25IN2O2/c1-3-5-6-7-8-9-11-18-14(19)13(16)12-17(10-4-2)15(18)20/h12H,3-11H2,1-2H3. The van der Waals surface area contributed by atoms with Crippen LogP contribution in [0.4, 0.5) is 0 Å². The van der Waals surface area contributed by atoms with Gasteiger partial charge in [-0.1, -0.05) is 46.0 Å². The third-order valence-electron chi connectivity index (χ3n) is 3.40. The predicted octanol–water partition coefficient (Wildman–Crippen LogP) is 3.39. The van der Waals surface area contributed by atoms with Gasteiger partial charge < -0.3 is 0 Å². The molecule has 0 aromatic carbocycles. The van der Waals surface area contributed by atoms with Crippen LogP contribution < -0.4 is 11.2 Å². The van der Waals surface area contributed by atoms with Gasteiger partial charge in [0.15, 0.2) is 0 Å². The molecule has 1 rings (SSSR count). The molecule has 0 saturated carbocycles. The largest absolute Gasteiger partial charge is 0.331 e. The minimum absolute atomic E-state index is 0.142. The summed E-state index contributed by atoms with van der Waals surface area (Å²) < 4.78 is 3.68. The van der Waals surface area contributed by atoms with E-state index in [1.54, 1.807) is 10.8 Å². The maximum atomic E-state index is 12.2. The SMILES string of the molecule is CCCCCCCCn1c(=O)c(I)cn(CCC)c1=O. The van der Waals surface area contributed by atoms with Gasteiger partial charge in [0.1, 0.15) is 0 Å². The molecule has 0 amide bonds. The molecule has 0 atom stereocenters. The molecule has 114 valence electrons. The van der Waals surface area contributed by atoms with E-state index in [1.807, 2.05) is 29.5 Å². The van der Waals surface area contributed by atoms with Gasteiger partial charge in [0.2, 0.25) is 0 Å². The molecule has 1 aromatic heterocycles. The summed E-state index contributed by atoms with van der Waals surface area (Å²) in [5, 5.41) is 0. The number of aryl methyl sites for hydroxylation is 1. The average Bonchev–Trinajstić information content (AvgIpc) is 2.43. The third kappa shape index (κ3) is 5.07. The Bertz CT molecular complexity index is 520. The highest BCUT2D eigenvalue weighted by molar-refractivity contribution is 14.1. The molecule has 0 N–H and O–H groups in total. The summed E-state index contributed by atoms with van der Waals surface area (Å²) in [6, 6.07) is 0. The number of hydrogen-bond acceptors (Lipinski definition) is 2. The van der Waals surface area contributed by atoms with Crippen molar-refractivity contribution in [3.63, 3.8) is 0 Å². The van der Waals surface area contributed by atoms with E-state index < -0.39 is 0 Å². The lowest BCUT2D eigenvalue weighted by molar-refractivity contribution is 0.502. The molecule has 1 aromatic rings. The molecule has 1 heterocycles. The van der Waals surface area contributed by atoms with Gasteiger partial charge >= 0.3 is 5.69 Å². The van der Waals surface area contributed by atoms with Gasteiger partial charge in [-0.3, -0.25) is 13.9 Å². The molecule has 0 saturated heterocycles. The second-order valence-corrected chi connectivity index (χ2v) is 6.34. The molecule has 20 heavy (non-hydrogen) atoms. The Kier molecular flexibility index (Phi) is 8.18. The Hall–Kier alpha value is -0.590. The fourth-order valence-corrected chi connectivity index (χ4v) is 2.89. The summed E-state index contributed by atoms with van der Waals surface area (Å²) in [4.78, 5) is 24.3. The van der Waals surface area contributed by atoms with E-state index in [0.717, 1.165) is 19.3 Å². The summed E-state index contributed by atoms with van der Waals surface area (Å²) in [6.07, 6.45) is 9.51. The van der Waals surface area contributed by atoms with E-state index in [-0.39, 0.29) is 11.2 Å². The molecular weight excluding hydrogens is 367 g/mol. The van der Waals surface area contributed by atoms with E-state index >= 15 is 0 Å². The zero-order valence-electron chi connectivity index (χ0n) is 12.5. The Morgan fingerprint density at radius 1 is 0.950 bits per heavy atom. The first-order valence-electron chi connectivity index (χ1n) is 7.61. The van der Waals surface area contributed by atoms with Crippen LogP contribution in [0.15, 0.2) is 15.8 Å². The van der Waals surface area contributed by atoms with Gasteiger partial charge in [-0.2, -0.15) is 0 Å². The minimum Gasteiger partial charge on any atom is -0.299 e. The molecule has 0 bridgehead atoms. The summed E-state index contributed by atoms with van der Waals surface area (Å²) in [7, 11) is 0. The van der Waals surface area contributed by atoms with Crippen molar-refractivity contribution in [2.75, 3.05) is 0 Å². The van der Waals surface area contributed by atoms with Crippen LogP contribution in [0.25, 0.3) is 0 Å². The van der Waals surface area contributed by atoms with Gasteiger partial charge in [-0.15, -0.1) is 0 Å². The first-order chi connectivity index (χ1) is 9.61. The summed E-state index contributed by atoms with van der Waals surface area (Å²) in [5.74, 6) is 0. The van der Waals surface area contributed by atoms with Crippen LogP contribution in [-0.4, -0.2) is 9.13 Å². The number of halogens is 1. The number of hydrogen-bond donors (Lipinski definition) is 0. The fraction of sp³-hybridized carbons (Fsp3) is 0.733. The highest BCUT2D eigenvalue weighted by atomic mass is 127. The molecule has 0 radical (unpaired) electrons. The molecule has 0 aliphatic rings. The lowest BCUT2D eigenvalue weighted by Gasteiger charge is -2.10. The van der Waals surface area contributed by atoms with Crippen molar-refractivity contribution in [2.45, 2.75) is 71.9 Å². The van der Waals surface area contributed by atoms with E-state index in [0.29, 0.717) is 16.7 Å². The number of rotatable bonds is 9. The van der Waals surface area contributed by atoms with E-state index in [4.69, 9.17) is 0 Å². The van der Waals surface area contributed by atoms with Crippen LogP contribution in [0.2, 0.25) is 0 Å². The Balaban J connectivity index is 2.69. The van der Waals surface area contributed by atoms with Gasteiger partial charge in [-0.05, 0) is 35.4 Å². The highest BCUT2D eigenvalue weighted by Crippen LogP contribution is 2.05. The van der Waals surface area contributed by atoms with Crippen LogP contribution in [0.3, 0.4) is 0 Å². The number of unbranched alkanes of at least 4 members (excludes halogenated alkanes) is 5. The molecular formula is C15H25IN2O2. The van der Waals surface area contributed by atoms with Crippen molar-refractivity contribution >= 4 is 22.6 Å². The maximum absolute atomic E-state index is 12.2. The van der Waals surface area contributed by atoms with Crippen LogP contribution in [-0.2, 0) is 13.1 Å². The smallest absolute Gasteiger partial charge is 0.299 e. The third-order valence-corrected chi connectivity index (χ3v) is 4.13. The topological polar surface area (TPSA) is 44.0 Å². The number of nitrogens with zero attached hydrogens (tertiary/aromatic N) is 2. The lowest BCUT2D eigenvalue weighted by atomic mass is 10.1. The van der Waals surface area contributed by atoms with Gasteiger partial charge in [0, 0.05) is 19.3 Å². The molecule has 0 aliphatic carbocycles. The second-order valence-electron chi connectivity index (χ2n) is 5.18. The highest BCUT2D eigenvalue weighted by Gasteiger charge is 2.08.